The lowest BCUT2D eigenvalue weighted by Crippen LogP contribution is -2.49. The van der Waals surface area contributed by atoms with E-state index in [-0.39, 0.29) is 11.5 Å². The molecule has 1 aliphatic carbocycles. The first kappa shape index (κ1) is 16.1. The van der Waals surface area contributed by atoms with Crippen molar-refractivity contribution in [2.75, 3.05) is 20.8 Å². The Kier molecular flexibility index (Phi) is 4.75. The van der Waals surface area contributed by atoms with Crippen molar-refractivity contribution in [3.63, 3.8) is 0 Å². The zero-order valence-corrected chi connectivity index (χ0v) is 13.1. The SMILES string of the molecule is COc1ccc(S(=O)(=O)NC2(CO)CCCC2)cc1OC. The molecule has 0 aromatic heterocycles. The largest absolute Gasteiger partial charge is 0.493 e. The van der Waals surface area contributed by atoms with E-state index in [9.17, 15) is 13.5 Å². The monoisotopic (exact) mass is 315 g/mol. The quantitative estimate of drug-likeness (QED) is 0.826. The van der Waals surface area contributed by atoms with E-state index in [0.29, 0.717) is 24.3 Å². The van der Waals surface area contributed by atoms with Crippen molar-refractivity contribution in [2.45, 2.75) is 36.1 Å². The number of methoxy groups -OCH3 is 2. The first-order valence-electron chi connectivity index (χ1n) is 6.83. The summed E-state index contributed by atoms with van der Waals surface area (Å²) in [7, 11) is -0.775. The Morgan fingerprint density at radius 2 is 1.81 bits per heavy atom. The summed E-state index contributed by atoms with van der Waals surface area (Å²) >= 11 is 0. The number of sulfonamides is 1. The van der Waals surface area contributed by atoms with Crippen LogP contribution in [0.25, 0.3) is 0 Å². The molecule has 0 spiro atoms. The van der Waals surface area contributed by atoms with E-state index in [1.165, 1.54) is 26.4 Å². The number of aliphatic hydroxyl groups excluding tert-OH is 1. The van der Waals surface area contributed by atoms with Crippen LogP contribution in [-0.4, -0.2) is 39.9 Å². The van der Waals surface area contributed by atoms with Gasteiger partial charge in [0.15, 0.2) is 11.5 Å². The van der Waals surface area contributed by atoms with Crippen molar-refractivity contribution < 1.29 is 23.0 Å². The van der Waals surface area contributed by atoms with Crippen LogP contribution in [0.2, 0.25) is 0 Å². The van der Waals surface area contributed by atoms with Crippen molar-refractivity contribution in [2.24, 2.45) is 0 Å². The molecule has 7 heteroatoms. The maximum Gasteiger partial charge on any atom is 0.241 e. The Hall–Kier alpha value is -1.31. The van der Waals surface area contributed by atoms with E-state index < -0.39 is 15.6 Å². The molecule has 118 valence electrons. The third-order valence-corrected chi connectivity index (χ3v) is 5.46. The number of nitrogens with one attached hydrogen (secondary N) is 1. The van der Waals surface area contributed by atoms with Crippen LogP contribution in [-0.2, 0) is 10.0 Å². The summed E-state index contributed by atoms with van der Waals surface area (Å²) in [6, 6.07) is 4.43. The Morgan fingerprint density at radius 3 is 2.33 bits per heavy atom. The van der Waals surface area contributed by atoms with Gasteiger partial charge >= 0.3 is 0 Å². The average Bonchev–Trinajstić information content (AvgIpc) is 2.94. The van der Waals surface area contributed by atoms with Crippen LogP contribution in [0.3, 0.4) is 0 Å². The highest BCUT2D eigenvalue weighted by Crippen LogP contribution is 2.33. The van der Waals surface area contributed by atoms with Crippen molar-refractivity contribution in [1.29, 1.82) is 0 Å². The molecule has 21 heavy (non-hydrogen) atoms. The molecule has 0 saturated heterocycles. The van der Waals surface area contributed by atoms with Crippen LogP contribution in [0.15, 0.2) is 23.1 Å². The lowest BCUT2D eigenvalue weighted by Gasteiger charge is -2.27. The van der Waals surface area contributed by atoms with E-state index in [1.807, 2.05) is 0 Å². The summed E-state index contributed by atoms with van der Waals surface area (Å²) in [5, 5.41) is 9.54. The first-order valence-corrected chi connectivity index (χ1v) is 8.31. The van der Waals surface area contributed by atoms with Crippen LogP contribution in [0.5, 0.6) is 11.5 Å². The topological polar surface area (TPSA) is 84.9 Å². The van der Waals surface area contributed by atoms with Gasteiger partial charge in [-0.15, -0.1) is 0 Å². The molecule has 0 unspecified atom stereocenters. The standard InChI is InChI=1S/C14H21NO5S/c1-19-12-6-5-11(9-13(12)20-2)21(17,18)15-14(10-16)7-3-4-8-14/h5-6,9,15-16H,3-4,7-8,10H2,1-2H3. The van der Waals surface area contributed by atoms with Gasteiger partial charge in [0.25, 0.3) is 0 Å². The van der Waals surface area contributed by atoms with Crippen LogP contribution in [0.1, 0.15) is 25.7 Å². The summed E-state index contributed by atoms with van der Waals surface area (Å²) in [6.45, 7) is -0.195. The third kappa shape index (κ3) is 3.30. The van der Waals surface area contributed by atoms with Gasteiger partial charge < -0.3 is 14.6 Å². The van der Waals surface area contributed by atoms with E-state index in [0.717, 1.165) is 12.8 Å². The predicted molar refractivity (Wildman–Crippen MR) is 78.2 cm³/mol. The van der Waals surface area contributed by atoms with Gasteiger partial charge in [-0.2, -0.15) is 0 Å². The van der Waals surface area contributed by atoms with E-state index in [1.54, 1.807) is 6.07 Å². The average molecular weight is 315 g/mol. The molecule has 2 rings (SSSR count). The van der Waals surface area contributed by atoms with Crippen molar-refractivity contribution in [3.05, 3.63) is 18.2 Å². The highest BCUT2D eigenvalue weighted by atomic mass is 32.2. The maximum atomic E-state index is 12.5. The van der Waals surface area contributed by atoms with Gasteiger partial charge in [0.05, 0.1) is 31.3 Å². The van der Waals surface area contributed by atoms with Crippen LogP contribution in [0.4, 0.5) is 0 Å². The van der Waals surface area contributed by atoms with Crippen molar-refractivity contribution in [1.82, 2.24) is 4.72 Å². The van der Waals surface area contributed by atoms with Gasteiger partial charge in [0.2, 0.25) is 10.0 Å². The molecular weight excluding hydrogens is 294 g/mol. The third-order valence-electron chi connectivity index (χ3n) is 3.88. The van der Waals surface area contributed by atoms with Crippen molar-refractivity contribution >= 4 is 10.0 Å². The molecule has 0 aliphatic heterocycles. The maximum absolute atomic E-state index is 12.5. The van der Waals surface area contributed by atoms with Crippen LogP contribution in [0, 0.1) is 0 Å². The smallest absolute Gasteiger partial charge is 0.241 e. The number of aliphatic hydroxyl groups is 1. The minimum Gasteiger partial charge on any atom is -0.493 e. The summed E-state index contributed by atoms with van der Waals surface area (Å²) in [5.74, 6) is 0.819. The number of hydrogen-bond donors (Lipinski definition) is 2. The number of benzene rings is 1. The molecule has 1 aromatic rings. The summed E-state index contributed by atoms with van der Waals surface area (Å²) < 4.78 is 37.9. The molecule has 1 aromatic carbocycles. The Bertz CT molecular complexity index is 593. The molecular formula is C14H21NO5S. The summed E-state index contributed by atoms with van der Waals surface area (Å²) in [4.78, 5) is 0.0971. The van der Waals surface area contributed by atoms with Gasteiger partial charge in [-0.3, -0.25) is 0 Å². The van der Waals surface area contributed by atoms with Gasteiger partial charge in [-0.05, 0) is 25.0 Å². The van der Waals surface area contributed by atoms with Crippen LogP contribution < -0.4 is 14.2 Å². The number of hydrogen-bond acceptors (Lipinski definition) is 5. The second-order valence-electron chi connectivity index (χ2n) is 5.27. The summed E-state index contributed by atoms with van der Waals surface area (Å²) in [6.07, 6.45) is 3.12. The second-order valence-corrected chi connectivity index (χ2v) is 6.95. The highest BCUT2D eigenvalue weighted by Gasteiger charge is 2.37. The predicted octanol–water partition coefficient (Wildman–Crippen LogP) is 1.29. The number of rotatable bonds is 6. The van der Waals surface area contributed by atoms with Gasteiger partial charge in [0.1, 0.15) is 0 Å². The highest BCUT2D eigenvalue weighted by molar-refractivity contribution is 7.89. The molecule has 1 fully saturated rings. The van der Waals surface area contributed by atoms with Crippen molar-refractivity contribution in [3.8, 4) is 11.5 Å². The molecule has 0 heterocycles. The van der Waals surface area contributed by atoms with Gasteiger partial charge in [0, 0.05) is 6.07 Å². The Morgan fingerprint density at radius 1 is 1.19 bits per heavy atom. The first-order chi connectivity index (χ1) is 9.96. The second kappa shape index (κ2) is 6.21. The minimum absolute atomic E-state index is 0.0971. The zero-order valence-electron chi connectivity index (χ0n) is 12.3. The molecule has 1 saturated carbocycles. The molecule has 2 N–H and O–H groups in total. The molecule has 1 aliphatic rings. The lowest BCUT2D eigenvalue weighted by molar-refractivity contribution is 0.185. The zero-order chi connectivity index (χ0) is 15.5. The number of ether oxygens (including phenoxy) is 2. The van der Waals surface area contributed by atoms with Crippen LogP contribution >= 0.6 is 0 Å². The molecule has 0 amide bonds. The molecule has 6 nitrogen and oxygen atoms in total. The van der Waals surface area contributed by atoms with E-state index >= 15 is 0 Å². The molecule has 0 atom stereocenters. The molecule has 0 radical (unpaired) electrons. The van der Waals surface area contributed by atoms with E-state index in [2.05, 4.69) is 4.72 Å². The lowest BCUT2D eigenvalue weighted by atomic mass is 10.0. The van der Waals surface area contributed by atoms with Gasteiger partial charge in [-0.1, -0.05) is 12.8 Å². The Labute approximate surface area is 125 Å². The fraction of sp³-hybridized carbons (Fsp3) is 0.571. The Balaban J connectivity index is 2.31. The molecule has 0 bridgehead atoms. The fourth-order valence-electron chi connectivity index (χ4n) is 2.67. The van der Waals surface area contributed by atoms with E-state index in [4.69, 9.17) is 9.47 Å². The normalized spacial score (nSPS) is 17.7. The minimum atomic E-state index is -3.72. The van der Waals surface area contributed by atoms with Gasteiger partial charge in [-0.25, -0.2) is 13.1 Å². The summed E-state index contributed by atoms with van der Waals surface area (Å²) in [5.41, 5.74) is -0.744. The fourth-order valence-corrected chi connectivity index (χ4v) is 4.14.